The first kappa shape index (κ1) is 13.4. The topological polar surface area (TPSA) is 38.3 Å². The highest BCUT2D eigenvalue weighted by atomic mass is 79.9. The Labute approximate surface area is 116 Å². The summed E-state index contributed by atoms with van der Waals surface area (Å²) >= 11 is 3.52. The lowest BCUT2D eigenvalue weighted by molar-refractivity contribution is -0.124. The van der Waals surface area contributed by atoms with Gasteiger partial charge < -0.3 is 10.1 Å². The van der Waals surface area contributed by atoms with Crippen LogP contribution in [-0.2, 0) is 11.2 Å². The highest BCUT2D eigenvalue weighted by Crippen LogP contribution is 2.39. The molecule has 1 heterocycles. The van der Waals surface area contributed by atoms with E-state index in [0.29, 0.717) is 6.61 Å². The molecular formula is C14H18BrNO2. The number of anilines is 1. The third-order valence-electron chi connectivity index (χ3n) is 3.08. The van der Waals surface area contributed by atoms with Crippen molar-refractivity contribution in [2.45, 2.75) is 33.6 Å². The molecule has 0 radical (unpaired) electrons. The maximum Gasteiger partial charge on any atom is 0.233 e. The molecule has 18 heavy (non-hydrogen) atoms. The lowest BCUT2D eigenvalue weighted by atomic mass is 9.94. The molecule has 1 aliphatic heterocycles. The normalized spacial score (nSPS) is 17.4. The van der Waals surface area contributed by atoms with Gasteiger partial charge in [-0.05, 0) is 53.9 Å². The number of amides is 1. The Morgan fingerprint density at radius 2 is 2.17 bits per heavy atom. The molecule has 0 spiro atoms. The van der Waals surface area contributed by atoms with Crippen LogP contribution in [0.5, 0.6) is 5.75 Å². The molecule has 1 aromatic carbocycles. The van der Waals surface area contributed by atoms with Crippen molar-refractivity contribution in [3.8, 4) is 5.75 Å². The van der Waals surface area contributed by atoms with Crippen LogP contribution < -0.4 is 10.1 Å². The summed E-state index contributed by atoms with van der Waals surface area (Å²) in [6.45, 7) is 6.29. The standard InChI is InChI=1S/C14H18BrNO2/c1-4-5-9-6-10(15)12-11(7-9)16-13(17)14(2,3)8-18-12/h6-7H,4-5,8H2,1-3H3,(H,16,17). The Hall–Kier alpha value is -1.03. The summed E-state index contributed by atoms with van der Waals surface area (Å²) in [7, 11) is 0. The van der Waals surface area contributed by atoms with Gasteiger partial charge >= 0.3 is 0 Å². The van der Waals surface area contributed by atoms with Gasteiger partial charge in [0.25, 0.3) is 0 Å². The predicted molar refractivity (Wildman–Crippen MR) is 76.0 cm³/mol. The van der Waals surface area contributed by atoms with Crippen molar-refractivity contribution in [1.82, 2.24) is 0 Å². The lowest BCUT2D eigenvalue weighted by Gasteiger charge is -2.18. The highest BCUT2D eigenvalue weighted by Gasteiger charge is 2.33. The minimum Gasteiger partial charge on any atom is -0.489 e. The SMILES string of the molecule is CCCc1cc(Br)c2c(c1)NC(=O)C(C)(C)CO2. The number of hydrogen-bond acceptors (Lipinski definition) is 2. The van der Waals surface area contributed by atoms with Crippen LogP contribution in [0.1, 0.15) is 32.8 Å². The van der Waals surface area contributed by atoms with Gasteiger partial charge in [-0.2, -0.15) is 0 Å². The van der Waals surface area contributed by atoms with Crippen molar-refractivity contribution >= 4 is 27.5 Å². The number of ether oxygens (including phenoxy) is 1. The fraction of sp³-hybridized carbons (Fsp3) is 0.500. The number of nitrogens with one attached hydrogen (secondary N) is 1. The fourth-order valence-corrected chi connectivity index (χ4v) is 2.55. The van der Waals surface area contributed by atoms with E-state index in [1.807, 2.05) is 19.9 Å². The smallest absolute Gasteiger partial charge is 0.233 e. The molecule has 0 aliphatic carbocycles. The summed E-state index contributed by atoms with van der Waals surface area (Å²) < 4.78 is 6.67. The van der Waals surface area contributed by atoms with Gasteiger partial charge in [0.1, 0.15) is 6.61 Å². The molecule has 0 bridgehead atoms. The largest absolute Gasteiger partial charge is 0.489 e. The van der Waals surface area contributed by atoms with Crippen molar-refractivity contribution in [3.05, 3.63) is 22.2 Å². The van der Waals surface area contributed by atoms with E-state index < -0.39 is 5.41 Å². The number of halogens is 1. The van der Waals surface area contributed by atoms with Crippen LogP contribution in [-0.4, -0.2) is 12.5 Å². The van der Waals surface area contributed by atoms with E-state index in [1.165, 1.54) is 5.56 Å². The molecule has 98 valence electrons. The number of benzene rings is 1. The van der Waals surface area contributed by atoms with E-state index in [0.717, 1.165) is 28.8 Å². The molecule has 0 unspecified atom stereocenters. The van der Waals surface area contributed by atoms with Crippen LogP contribution >= 0.6 is 15.9 Å². The minimum absolute atomic E-state index is 0.00167. The van der Waals surface area contributed by atoms with Crippen LogP contribution in [0.25, 0.3) is 0 Å². The predicted octanol–water partition coefficient (Wildman–Crippen LogP) is 3.76. The molecule has 1 N–H and O–H groups in total. The van der Waals surface area contributed by atoms with Gasteiger partial charge in [-0.15, -0.1) is 0 Å². The molecule has 0 aromatic heterocycles. The molecule has 0 saturated heterocycles. The van der Waals surface area contributed by atoms with Crippen molar-refractivity contribution < 1.29 is 9.53 Å². The van der Waals surface area contributed by atoms with Gasteiger partial charge in [-0.1, -0.05) is 13.3 Å². The third-order valence-corrected chi connectivity index (χ3v) is 3.67. The van der Waals surface area contributed by atoms with E-state index >= 15 is 0 Å². The summed E-state index contributed by atoms with van der Waals surface area (Å²) in [6.07, 6.45) is 2.07. The Morgan fingerprint density at radius 3 is 2.83 bits per heavy atom. The second-order valence-corrected chi connectivity index (χ2v) is 6.19. The van der Waals surface area contributed by atoms with E-state index in [-0.39, 0.29) is 5.91 Å². The van der Waals surface area contributed by atoms with Crippen LogP contribution in [0.3, 0.4) is 0 Å². The molecule has 1 aliphatic rings. The van der Waals surface area contributed by atoms with E-state index in [1.54, 1.807) is 0 Å². The van der Waals surface area contributed by atoms with Gasteiger partial charge in [0, 0.05) is 0 Å². The number of carbonyl (C=O) groups excluding carboxylic acids is 1. The van der Waals surface area contributed by atoms with Crippen LogP contribution in [0.2, 0.25) is 0 Å². The number of hydrogen-bond donors (Lipinski definition) is 1. The van der Waals surface area contributed by atoms with Gasteiger partial charge in [-0.3, -0.25) is 4.79 Å². The monoisotopic (exact) mass is 311 g/mol. The van der Waals surface area contributed by atoms with E-state index in [9.17, 15) is 4.79 Å². The summed E-state index contributed by atoms with van der Waals surface area (Å²) in [6, 6.07) is 4.07. The van der Waals surface area contributed by atoms with Crippen LogP contribution in [0.15, 0.2) is 16.6 Å². The van der Waals surface area contributed by atoms with Crippen molar-refractivity contribution in [2.24, 2.45) is 5.41 Å². The summed E-state index contributed by atoms with van der Waals surface area (Å²) in [5, 5.41) is 2.96. The molecule has 1 aromatic rings. The fourth-order valence-electron chi connectivity index (χ4n) is 1.93. The number of fused-ring (bicyclic) bond motifs is 1. The zero-order chi connectivity index (χ0) is 13.3. The second kappa shape index (κ2) is 4.92. The number of carbonyl (C=O) groups is 1. The molecule has 3 nitrogen and oxygen atoms in total. The average Bonchev–Trinajstić information content (AvgIpc) is 2.38. The van der Waals surface area contributed by atoms with Gasteiger partial charge in [0.05, 0.1) is 15.6 Å². The number of aryl methyl sites for hydroxylation is 1. The average molecular weight is 312 g/mol. The zero-order valence-electron chi connectivity index (χ0n) is 11.0. The van der Waals surface area contributed by atoms with Crippen molar-refractivity contribution in [2.75, 3.05) is 11.9 Å². The van der Waals surface area contributed by atoms with E-state index in [4.69, 9.17) is 4.74 Å². The molecule has 0 fully saturated rings. The molecule has 2 rings (SSSR count). The highest BCUT2D eigenvalue weighted by molar-refractivity contribution is 9.10. The Bertz CT molecular complexity index is 483. The second-order valence-electron chi connectivity index (χ2n) is 5.33. The lowest BCUT2D eigenvalue weighted by Crippen LogP contribution is -2.33. The maximum absolute atomic E-state index is 12.1. The van der Waals surface area contributed by atoms with Crippen molar-refractivity contribution in [3.63, 3.8) is 0 Å². The first-order valence-corrected chi connectivity index (χ1v) is 7.00. The Morgan fingerprint density at radius 1 is 1.44 bits per heavy atom. The molecular weight excluding hydrogens is 294 g/mol. The van der Waals surface area contributed by atoms with Crippen LogP contribution in [0.4, 0.5) is 5.69 Å². The van der Waals surface area contributed by atoms with Crippen LogP contribution in [0, 0.1) is 5.41 Å². The number of rotatable bonds is 2. The third kappa shape index (κ3) is 2.53. The quantitative estimate of drug-likeness (QED) is 0.903. The molecule has 0 saturated carbocycles. The van der Waals surface area contributed by atoms with Gasteiger partial charge in [-0.25, -0.2) is 0 Å². The first-order valence-electron chi connectivity index (χ1n) is 6.20. The van der Waals surface area contributed by atoms with Gasteiger partial charge in [0.2, 0.25) is 5.91 Å². The zero-order valence-corrected chi connectivity index (χ0v) is 12.6. The first-order chi connectivity index (χ1) is 8.44. The molecule has 1 amide bonds. The minimum atomic E-state index is -0.511. The Kier molecular flexibility index (Phi) is 3.66. The summed E-state index contributed by atoms with van der Waals surface area (Å²) in [5.74, 6) is 0.732. The summed E-state index contributed by atoms with van der Waals surface area (Å²) in [4.78, 5) is 12.1. The molecule has 4 heteroatoms. The summed E-state index contributed by atoms with van der Waals surface area (Å²) in [5.41, 5.74) is 1.46. The van der Waals surface area contributed by atoms with Gasteiger partial charge in [0.15, 0.2) is 5.75 Å². The van der Waals surface area contributed by atoms with Crippen molar-refractivity contribution in [1.29, 1.82) is 0 Å². The van der Waals surface area contributed by atoms with E-state index in [2.05, 4.69) is 34.2 Å². The Balaban J connectivity index is 2.41. The maximum atomic E-state index is 12.1. The molecule has 0 atom stereocenters.